The van der Waals surface area contributed by atoms with Crippen LogP contribution >= 0.6 is 45.2 Å². The molecule has 10 heteroatoms. The van der Waals surface area contributed by atoms with E-state index in [4.69, 9.17) is 0 Å². The first kappa shape index (κ1) is 51.5. The van der Waals surface area contributed by atoms with Crippen LogP contribution in [0.2, 0.25) is 0 Å². The lowest BCUT2D eigenvalue weighted by molar-refractivity contribution is -0.123. The van der Waals surface area contributed by atoms with Gasteiger partial charge in [-0.2, -0.15) is 0 Å². The topological polar surface area (TPSA) is 88.5 Å². The predicted molar refractivity (Wildman–Crippen MR) is 224 cm³/mol. The molecule has 5 nitrogen and oxygen atoms in total. The third kappa shape index (κ3) is 24.6. The van der Waals surface area contributed by atoms with Gasteiger partial charge in [-0.1, -0.05) is 87.4 Å². The Balaban J connectivity index is 0. The van der Waals surface area contributed by atoms with Gasteiger partial charge in [-0.25, -0.2) is 8.78 Å². The molecule has 0 bridgehead atoms. The highest BCUT2D eigenvalue weighted by atomic mass is 127. The van der Waals surface area contributed by atoms with E-state index in [9.17, 15) is 37.5 Å². The fraction of sp³-hybridized carbons (Fsp3) is 0.476. The highest BCUT2D eigenvalue weighted by molar-refractivity contribution is 14.1. The summed E-state index contributed by atoms with van der Waals surface area (Å²) in [6, 6.07) is 18.8. The van der Waals surface area contributed by atoms with Gasteiger partial charge in [-0.3, -0.25) is 23.6 Å². The van der Waals surface area contributed by atoms with E-state index in [0.29, 0.717) is 36.5 Å². The molecule has 0 spiro atoms. The van der Waals surface area contributed by atoms with Crippen LogP contribution in [-0.2, 0) is 16.0 Å². The maximum absolute atomic E-state index is 12.4. The Morgan fingerprint density at radius 1 is 0.635 bits per heavy atom. The van der Waals surface area contributed by atoms with Crippen molar-refractivity contribution in [2.75, 3.05) is 13.3 Å². The van der Waals surface area contributed by atoms with Gasteiger partial charge in [0.1, 0.15) is 24.0 Å². The van der Waals surface area contributed by atoms with E-state index in [1.165, 1.54) is 24.3 Å². The first-order valence-electron chi connectivity index (χ1n) is 17.4. The van der Waals surface area contributed by atoms with Crippen LogP contribution in [0.25, 0.3) is 0 Å². The van der Waals surface area contributed by atoms with Crippen LogP contribution in [-0.4, -0.2) is 41.6 Å². The second-order valence-electron chi connectivity index (χ2n) is 13.6. The summed E-state index contributed by atoms with van der Waals surface area (Å²) in [5.74, 6) is 0.734. The van der Waals surface area contributed by atoms with Gasteiger partial charge >= 0.3 is 0 Å². The summed E-state index contributed by atoms with van der Waals surface area (Å²) in [5, 5.41) is 9.48. The molecule has 0 atom stereocenters. The SMILES string of the molecule is CC(C)C(=O)CCc1ccc(I)c(O)c1.CC(C)C(=O)CF.CC(C)C(=O)c1ccc(F)cc1.CC(C)C(=O)c1ccc(I)cc1.CC(C)CCF. The van der Waals surface area contributed by atoms with Crippen molar-refractivity contribution in [1.82, 2.24) is 0 Å². The van der Waals surface area contributed by atoms with Crippen LogP contribution < -0.4 is 0 Å². The first-order valence-corrected chi connectivity index (χ1v) is 19.6. The number of aryl methyl sites for hydroxylation is 1. The lowest BCUT2D eigenvalue weighted by Gasteiger charge is -2.05. The number of Topliss-reactive ketones (excluding diaryl/α,β-unsaturated/α-hetero) is 4. The molecule has 0 aliphatic carbocycles. The lowest BCUT2D eigenvalue weighted by Crippen LogP contribution is -2.07. The number of benzene rings is 3. The number of halogens is 5. The Kier molecular flexibility index (Phi) is 28.6. The number of carbonyl (C=O) groups excluding carboxylic acids is 4. The van der Waals surface area contributed by atoms with Crippen LogP contribution in [0.5, 0.6) is 5.75 Å². The normalized spacial score (nSPS) is 10.3. The van der Waals surface area contributed by atoms with Crippen LogP contribution in [0, 0.1) is 42.5 Å². The fourth-order valence-electron chi connectivity index (χ4n) is 3.54. The van der Waals surface area contributed by atoms with Gasteiger partial charge in [0.15, 0.2) is 17.3 Å². The van der Waals surface area contributed by atoms with Crippen molar-refractivity contribution in [3.8, 4) is 5.75 Å². The van der Waals surface area contributed by atoms with E-state index in [0.717, 1.165) is 18.3 Å². The molecular formula is C42H57F3I2O5. The molecule has 0 radical (unpaired) electrons. The highest BCUT2D eigenvalue weighted by Gasteiger charge is 2.11. The quantitative estimate of drug-likeness (QED) is 0.144. The Morgan fingerprint density at radius 2 is 1.08 bits per heavy atom. The van der Waals surface area contributed by atoms with Crippen molar-refractivity contribution in [2.24, 2.45) is 29.6 Å². The molecule has 1 N–H and O–H groups in total. The number of ketones is 4. The van der Waals surface area contributed by atoms with Crippen LogP contribution in [0.4, 0.5) is 13.2 Å². The number of aromatic hydroxyl groups is 1. The van der Waals surface area contributed by atoms with E-state index in [1.54, 1.807) is 19.9 Å². The average molecular weight is 953 g/mol. The summed E-state index contributed by atoms with van der Waals surface area (Å²) in [7, 11) is 0. The Morgan fingerprint density at radius 3 is 1.38 bits per heavy atom. The molecular weight excluding hydrogens is 895 g/mol. The summed E-state index contributed by atoms with van der Waals surface area (Å²) in [4.78, 5) is 44.3. The molecule has 0 aliphatic heterocycles. The maximum atomic E-state index is 12.4. The highest BCUT2D eigenvalue weighted by Crippen LogP contribution is 2.21. The molecule has 3 rings (SSSR count). The van der Waals surface area contributed by atoms with Crippen molar-refractivity contribution in [3.63, 3.8) is 0 Å². The van der Waals surface area contributed by atoms with Crippen molar-refractivity contribution in [2.45, 2.75) is 88.5 Å². The molecule has 0 aromatic heterocycles. The molecule has 52 heavy (non-hydrogen) atoms. The Labute approximate surface area is 337 Å². The third-order valence-electron chi connectivity index (χ3n) is 7.08. The summed E-state index contributed by atoms with van der Waals surface area (Å²) >= 11 is 4.30. The fourth-order valence-corrected chi connectivity index (χ4v) is 4.23. The molecule has 3 aromatic carbocycles. The van der Waals surface area contributed by atoms with Gasteiger partial charge in [0.25, 0.3) is 0 Å². The zero-order valence-electron chi connectivity index (χ0n) is 32.2. The van der Waals surface area contributed by atoms with Gasteiger partial charge in [0, 0.05) is 44.8 Å². The molecule has 0 saturated heterocycles. The van der Waals surface area contributed by atoms with E-state index < -0.39 is 6.67 Å². The van der Waals surface area contributed by atoms with Gasteiger partial charge in [0.2, 0.25) is 0 Å². The van der Waals surface area contributed by atoms with Gasteiger partial charge in [-0.15, -0.1) is 0 Å². The van der Waals surface area contributed by atoms with Gasteiger partial charge in [0.05, 0.1) is 10.2 Å². The number of rotatable bonds is 12. The summed E-state index contributed by atoms with van der Waals surface area (Å²) < 4.78 is 37.0. The zero-order valence-corrected chi connectivity index (χ0v) is 36.6. The van der Waals surface area contributed by atoms with Crippen molar-refractivity contribution < 1.29 is 37.5 Å². The number of hydrogen-bond acceptors (Lipinski definition) is 5. The van der Waals surface area contributed by atoms with Crippen LogP contribution in [0.15, 0.2) is 66.7 Å². The molecule has 0 amide bonds. The second kappa shape index (κ2) is 28.8. The first-order chi connectivity index (χ1) is 24.2. The minimum absolute atomic E-state index is 0.0320. The number of hydrogen-bond donors (Lipinski definition) is 1. The minimum atomic E-state index is -0.822. The minimum Gasteiger partial charge on any atom is -0.507 e. The summed E-state index contributed by atoms with van der Waals surface area (Å²) in [6.45, 7) is 17.7. The summed E-state index contributed by atoms with van der Waals surface area (Å²) in [5.41, 5.74) is 2.40. The molecule has 290 valence electrons. The maximum Gasteiger partial charge on any atom is 0.166 e. The Hall–Kier alpha value is -2.61. The van der Waals surface area contributed by atoms with E-state index in [1.807, 2.05) is 91.8 Å². The Bertz CT molecular complexity index is 1410. The van der Waals surface area contributed by atoms with Gasteiger partial charge in [-0.05, 0) is 118 Å². The molecule has 0 unspecified atom stereocenters. The van der Waals surface area contributed by atoms with Crippen LogP contribution in [0.3, 0.4) is 0 Å². The average Bonchev–Trinajstić information content (AvgIpc) is 3.09. The molecule has 0 aliphatic rings. The number of alkyl halides is 2. The van der Waals surface area contributed by atoms with Crippen LogP contribution in [0.1, 0.15) is 108 Å². The molecule has 3 aromatic rings. The van der Waals surface area contributed by atoms with Crippen molar-refractivity contribution in [1.29, 1.82) is 0 Å². The summed E-state index contributed by atoms with van der Waals surface area (Å²) in [6.07, 6.45) is 1.97. The third-order valence-corrected chi connectivity index (χ3v) is 8.71. The van der Waals surface area contributed by atoms with Gasteiger partial charge < -0.3 is 5.11 Å². The zero-order chi connectivity index (χ0) is 40.6. The van der Waals surface area contributed by atoms with E-state index in [2.05, 4.69) is 45.2 Å². The lowest BCUT2D eigenvalue weighted by atomic mass is 10.0. The number of phenols is 1. The number of phenolic OH excluding ortho intramolecular Hbond substituents is 1. The number of carbonyl (C=O) groups is 4. The van der Waals surface area contributed by atoms with Crippen molar-refractivity contribution >= 4 is 68.3 Å². The molecule has 0 fully saturated rings. The van der Waals surface area contributed by atoms with E-state index in [-0.39, 0.29) is 59.3 Å². The van der Waals surface area contributed by atoms with Crippen molar-refractivity contribution in [3.05, 3.63) is 96.4 Å². The second-order valence-corrected chi connectivity index (χ2v) is 16.0. The standard InChI is InChI=1S/C12H15IO2.C10H11FO.C10H11IO.C5H9FO.C5H11F/c1-8(2)11(14)6-4-9-3-5-10(13)12(15)7-9;2*1-7(2)10(12)8-3-5-9(11)6-4-8;1-4(2)5(7)3-6;1-5(2)3-4-6/h3,5,7-8,15H,4,6H2,1-2H3;2*3-7H,1-2H3;4H,3H2,1-2H3;5H,3-4H2,1-2H3. The predicted octanol–water partition coefficient (Wildman–Crippen LogP) is 12.1. The molecule has 0 heterocycles. The monoisotopic (exact) mass is 952 g/mol. The largest absolute Gasteiger partial charge is 0.507 e. The molecule has 0 saturated carbocycles. The smallest absolute Gasteiger partial charge is 0.166 e. The van der Waals surface area contributed by atoms with E-state index >= 15 is 0 Å².